The zero-order valence-electron chi connectivity index (χ0n) is 17.2. The molecular weight excluding hydrogens is 422 g/mol. The highest BCUT2D eigenvalue weighted by Gasteiger charge is 2.53. The highest BCUT2D eigenvalue weighted by Crippen LogP contribution is 2.34. The number of sulfonamides is 1. The number of methoxy groups -OCH3 is 2. The fraction of sp³-hybridized carbons (Fsp3) is 0.588. The summed E-state index contributed by atoms with van der Waals surface area (Å²) in [5.41, 5.74) is -1.26. The fourth-order valence-corrected chi connectivity index (χ4v) is 4.62. The molecule has 12 nitrogen and oxygen atoms in total. The van der Waals surface area contributed by atoms with E-state index in [1.165, 1.54) is 14.2 Å². The molecule has 0 spiro atoms. The number of hydrogen-bond donors (Lipinski definition) is 1. The number of aliphatic hydroxyl groups is 1. The van der Waals surface area contributed by atoms with Crippen LogP contribution in [0.25, 0.3) is 0 Å². The van der Waals surface area contributed by atoms with Gasteiger partial charge in [0.15, 0.2) is 12.5 Å². The van der Waals surface area contributed by atoms with Gasteiger partial charge >= 0.3 is 6.09 Å². The van der Waals surface area contributed by atoms with Gasteiger partial charge in [0.1, 0.15) is 11.6 Å². The van der Waals surface area contributed by atoms with Crippen LogP contribution in [-0.2, 0) is 24.2 Å². The summed E-state index contributed by atoms with van der Waals surface area (Å²) in [6.45, 7) is 4.77. The zero-order valence-corrected chi connectivity index (χ0v) is 18.0. The Hall–Kier alpha value is -2.32. The van der Waals surface area contributed by atoms with Gasteiger partial charge < -0.3 is 19.3 Å². The first-order valence-electron chi connectivity index (χ1n) is 8.88. The van der Waals surface area contributed by atoms with Crippen molar-refractivity contribution in [3.05, 3.63) is 34.4 Å². The minimum Gasteiger partial charge on any atom is -0.443 e. The van der Waals surface area contributed by atoms with E-state index in [1.807, 2.05) is 0 Å². The van der Waals surface area contributed by atoms with Crippen LogP contribution in [0.5, 0.6) is 0 Å². The van der Waals surface area contributed by atoms with Crippen LogP contribution in [0, 0.1) is 10.1 Å². The van der Waals surface area contributed by atoms with Gasteiger partial charge in [-0.1, -0.05) is 4.41 Å². The van der Waals surface area contributed by atoms with E-state index in [9.17, 15) is 28.4 Å². The van der Waals surface area contributed by atoms with Crippen molar-refractivity contribution in [3.63, 3.8) is 0 Å². The van der Waals surface area contributed by atoms with Crippen LogP contribution in [0.15, 0.2) is 29.2 Å². The standard InChI is InChI=1S/C17H25N3O9S/c1-17(2,3)29-16(22)18-14(21)10-13(15(27-4)28-5)19(18)30(25,26)12-8-6-11(7-9-12)20(23)24/h6-9,13-15,21H,10H2,1-5H3/t13-,14+/m0/s1. The molecule has 1 aliphatic rings. The predicted octanol–water partition coefficient (Wildman–Crippen LogP) is 1.45. The van der Waals surface area contributed by atoms with Crippen molar-refractivity contribution >= 4 is 21.8 Å². The molecule has 0 bridgehead atoms. The lowest BCUT2D eigenvalue weighted by molar-refractivity contribution is -0.384. The molecule has 1 N–H and O–H groups in total. The first-order valence-corrected chi connectivity index (χ1v) is 10.3. The molecule has 168 valence electrons. The number of aliphatic hydroxyl groups excluding tert-OH is 1. The maximum Gasteiger partial charge on any atom is 0.428 e. The van der Waals surface area contributed by atoms with Gasteiger partial charge in [-0.15, -0.1) is 0 Å². The van der Waals surface area contributed by atoms with Gasteiger partial charge in [0, 0.05) is 32.8 Å². The van der Waals surface area contributed by atoms with Gasteiger partial charge in [0.25, 0.3) is 15.7 Å². The fourth-order valence-electron chi connectivity index (χ4n) is 2.98. The van der Waals surface area contributed by atoms with Crippen LogP contribution in [0.1, 0.15) is 27.2 Å². The molecule has 0 radical (unpaired) electrons. The number of nitro groups is 1. The number of carbonyl (C=O) groups excluding carboxylic acids is 1. The summed E-state index contributed by atoms with van der Waals surface area (Å²) in [7, 11) is -1.89. The van der Waals surface area contributed by atoms with E-state index >= 15 is 0 Å². The number of nitro benzene ring substituents is 1. The molecular formula is C17H25N3O9S. The van der Waals surface area contributed by atoms with E-state index in [0.29, 0.717) is 9.42 Å². The second-order valence-corrected chi connectivity index (χ2v) is 9.27. The molecule has 0 unspecified atom stereocenters. The molecule has 1 aliphatic heterocycles. The Labute approximate surface area is 174 Å². The van der Waals surface area contributed by atoms with Crippen LogP contribution >= 0.6 is 0 Å². The summed E-state index contributed by atoms with van der Waals surface area (Å²) in [6.07, 6.45) is -3.95. The molecule has 2 atom stereocenters. The molecule has 1 fully saturated rings. The normalized spacial score (nSPS) is 20.6. The third-order valence-corrected chi connectivity index (χ3v) is 5.99. The molecule has 1 aromatic rings. The molecule has 0 saturated carbocycles. The molecule has 2 rings (SSSR count). The van der Waals surface area contributed by atoms with Crippen molar-refractivity contribution in [2.45, 2.75) is 56.2 Å². The lowest BCUT2D eigenvalue weighted by atomic mass is 10.2. The van der Waals surface area contributed by atoms with Crippen molar-refractivity contribution in [1.29, 1.82) is 0 Å². The molecule has 1 heterocycles. The average molecular weight is 447 g/mol. The number of non-ortho nitro benzene ring substituents is 1. The monoisotopic (exact) mass is 447 g/mol. The van der Waals surface area contributed by atoms with E-state index in [2.05, 4.69) is 0 Å². The summed E-state index contributed by atoms with van der Waals surface area (Å²) in [5, 5.41) is 21.9. The molecule has 1 aromatic carbocycles. The smallest absolute Gasteiger partial charge is 0.428 e. The van der Waals surface area contributed by atoms with E-state index in [4.69, 9.17) is 14.2 Å². The summed E-state index contributed by atoms with van der Waals surface area (Å²) in [5.74, 6) is 0. The lowest BCUT2D eigenvalue weighted by Crippen LogP contribution is -2.54. The summed E-state index contributed by atoms with van der Waals surface area (Å²) >= 11 is 0. The highest BCUT2D eigenvalue weighted by molar-refractivity contribution is 7.89. The van der Waals surface area contributed by atoms with Crippen molar-refractivity contribution in [3.8, 4) is 0 Å². The molecule has 0 aliphatic carbocycles. The third-order valence-electron chi connectivity index (χ3n) is 4.18. The quantitative estimate of drug-likeness (QED) is 0.388. The number of rotatable bonds is 6. The van der Waals surface area contributed by atoms with E-state index in [-0.39, 0.29) is 17.0 Å². The number of hydrazine groups is 1. The first kappa shape index (κ1) is 24.0. The maximum atomic E-state index is 13.4. The van der Waals surface area contributed by atoms with Gasteiger partial charge in [-0.3, -0.25) is 10.1 Å². The molecule has 30 heavy (non-hydrogen) atoms. The number of amides is 1. The summed E-state index contributed by atoms with van der Waals surface area (Å²) in [6, 6.07) is 3.02. The Bertz CT molecular complexity index is 879. The Balaban J connectivity index is 2.55. The number of carbonyl (C=O) groups is 1. The van der Waals surface area contributed by atoms with Gasteiger partial charge in [0.2, 0.25) is 0 Å². The number of nitrogens with zero attached hydrogens (tertiary/aromatic N) is 3. The minimum absolute atomic E-state index is 0.211. The number of benzene rings is 1. The Morgan fingerprint density at radius 3 is 2.20 bits per heavy atom. The van der Waals surface area contributed by atoms with Gasteiger partial charge in [-0.2, -0.15) is 5.01 Å². The van der Waals surface area contributed by atoms with Crippen molar-refractivity contribution in [2.24, 2.45) is 0 Å². The molecule has 1 saturated heterocycles. The van der Waals surface area contributed by atoms with Crippen LogP contribution in [0.2, 0.25) is 0 Å². The second kappa shape index (κ2) is 8.81. The predicted molar refractivity (Wildman–Crippen MR) is 102 cm³/mol. The summed E-state index contributed by atoms with van der Waals surface area (Å²) < 4.78 is 43.0. The molecule has 0 aromatic heterocycles. The van der Waals surface area contributed by atoms with Crippen molar-refractivity contribution in [2.75, 3.05) is 14.2 Å². The van der Waals surface area contributed by atoms with E-state index < -0.39 is 45.2 Å². The Morgan fingerprint density at radius 1 is 1.23 bits per heavy atom. The third kappa shape index (κ3) is 4.87. The average Bonchev–Trinajstić information content (AvgIpc) is 2.99. The van der Waals surface area contributed by atoms with Crippen LogP contribution < -0.4 is 0 Å². The Morgan fingerprint density at radius 2 is 1.77 bits per heavy atom. The zero-order chi connectivity index (χ0) is 22.9. The van der Waals surface area contributed by atoms with Gasteiger partial charge in [-0.05, 0) is 32.9 Å². The van der Waals surface area contributed by atoms with Crippen LogP contribution in [0.4, 0.5) is 10.5 Å². The van der Waals surface area contributed by atoms with E-state index in [1.54, 1.807) is 20.8 Å². The topological polar surface area (TPSA) is 149 Å². The van der Waals surface area contributed by atoms with Crippen LogP contribution in [0.3, 0.4) is 0 Å². The van der Waals surface area contributed by atoms with Gasteiger partial charge in [-0.25, -0.2) is 13.2 Å². The maximum absolute atomic E-state index is 13.4. The SMILES string of the molecule is COC(OC)[C@@H]1C[C@@H](O)N(C(=O)OC(C)(C)C)N1S(=O)(=O)c1ccc([N+](=O)[O-])cc1. The molecule has 13 heteroatoms. The minimum atomic E-state index is -4.46. The number of hydrogen-bond acceptors (Lipinski definition) is 9. The first-order chi connectivity index (χ1) is 13.8. The van der Waals surface area contributed by atoms with Crippen molar-refractivity contribution in [1.82, 2.24) is 9.42 Å². The molecule has 1 amide bonds. The highest BCUT2D eigenvalue weighted by atomic mass is 32.2. The van der Waals surface area contributed by atoms with E-state index in [0.717, 1.165) is 24.3 Å². The van der Waals surface area contributed by atoms with Crippen molar-refractivity contribution < 1.29 is 37.5 Å². The second-order valence-electron chi connectivity index (χ2n) is 7.48. The lowest BCUT2D eigenvalue weighted by Gasteiger charge is -2.34. The number of ether oxygens (including phenoxy) is 3. The van der Waals surface area contributed by atoms with Crippen LogP contribution in [-0.4, -0.2) is 72.3 Å². The van der Waals surface area contributed by atoms with Gasteiger partial charge in [0.05, 0.1) is 9.82 Å². The Kier molecular flexibility index (Phi) is 7.04. The summed E-state index contributed by atoms with van der Waals surface area (Å²) in [4.78, 5) is 22.6. The largest absolute Gasteiger partial charge is 0.443 e.